The highest BCUT2D eigenvalue weighted by atomic mass is 32.1. The maximum atomic E-state index is 12.1. The largest absolute Gasteiger partial charge is 0.399 e. The number of carbonyl (C=O) groups excluding carboxylic acids is 1. The van der Waals surface area contributed by atoms with Gasteiger partial charge in [0.2, 0.25) is 5.91 Å². The molecule has 1 unspecified atom stereocenters. The molecule has 0 radical (unpaired) electrons. The summed E-state index contributed by atoms with van der Waals surface area (Å²) in [5.41, 5.74) is 9.77. The fourth-order valence-electron chi connectivity index (χ4n) is 1.88. The van der Waals surface area contributed by atoms with Gasteiger partial charge in [-0.2, -0.15) is 11.3 Å². The molecule has 19 heavy (non-hydrogen) atoms. The number of benzene rings is 1. The molecule has 2 rings (SSSR count). The number of rotatable bonds is 4. The summed E-state index contributed by atoms with van der Waals surface area (Å²) < 4.78 is 0. The number of carbonyl (C=O) groups is 1. The highest BCUT2D eigenvalue weighted by Gasteiger charge is 2.15. The highest BCUT2D eigenvalue weighted by molar-refractivity contribution is 7.08. The Hall–Kier alpha value is -1.81. The fourth-order valence-corrected chi connectivity index (χ4v) is 2.74. The third kappa shape index (κ3) is 3.35. The molecule has 1 heterocycles. The van der Waals surface area contributed by atoms with Crippen LogP contribution in [0.3, 0.4) is 0 Å². The van der Waals surface area contributed by atoms with E-state index in [-0.39, 0.29) is 11.8 Å². The zero-order chi connectivity index (χ0) is 13.8. The molecular weight excluding hydrogens is 256 g/mol. The van der Waals surface area contributed by atoms with Crippen molar-refractivity contribution in [2.45, 2.75) is 26.3 Å². The van der Waals surface area contributed by atoms with Gasteiger partial charge in [-0.05, 0) is 53.4 Å². The smallest absolute Gasteiger partial charge is 0.227 e. The van der Waals surface area contributed by atoms with Gasteiger partial charge >= 0.3 is 0 Å². The molecule has 1 aromatic heterocycles. The van der Waals surface area contributed by atoms with Gasteiger partial charge in [0.25, 0.3) is 0 Å². The third-order valence-corrected chi connectivity index (χ3v) is 4.13. The second kappa shape index (κ2) is 5.89. The Morgan fingerprint density at radius 3 is 2.84 bits per heavy atom. The maximum absolute atomic E-state index is 12.1. The van der Waals surface area contributed by atoms with Crippen molar-refractivity contribution in [1.29, 1.82) is 0 Å². The lowest BCUT2D eigenvalue weighted by atomic mass is 10.00. The minimum atomic E-state index is -0.192. The van der Waals surface area contributed by atoms with Crippen LogP contribution < -0.4 is 11.1 Å². The first-order chi connectivity index (χ1) is 9.08. The van der Waals surface area contributed by atoms with Crippen molar-refractivity contribution in [3.05, 3.63) is 51.7 Å². The Balaban J connectivity index is 1.98. The average Bonchev–Trinajstić information content (AvgIpc) is 2.80. The van der Waals surface area contributed by atoms with E-state index in [0.29, 0.717) is 12.2 Å². The number of hydrogen-bond donors (Lipinski definition) is 2. The monoisotopic (exact) mass is 274 g/mol. The average molecular weight is 274 g/mol. The van der Waals surface area contributed by atoms with Crippen LogP contribution >= 0.6 is 11.3 Å². The van der Waals surface area contributed by atoms with Crippen LogP contribution in [0.4, 0.5) is 5.69 Å². The summed E-state index contributed by atoms with van der Waals surface area (Å²) in [4.78, 5) is 12.1. The van der Waals surface area contributed by atoms with E-state index in [4.69, 9.17) is 5.73 Å². The van der Waals surface area contributed by atoms with Gasteiger partial charge in [-0.25, -0.2) is 0 Å². The standard InChI is InChI=1S/C15H18N2OS/c1-10-8-19-9-13(10)7-17-15(18)11(2)12-4-3-5-14(16)6-12/h3-6,8-9,11H,7,16H2,1-2H3,(H,17,18). The van der Waals surface area contributed by atoms with Crippen LogP contribution in [0.2, 0.25) is 0 Å². The van der Waals surface area contributed by atoms with Crippen LogP contribution in [0.15, 0.2) is 35.0 Å². The molecule has 1 atom stereocenters. The first kappa shape index (κ1) is 13.6. The molecule has 0 aliphatic heterocycles. The number of nitrogen functional groups attached to an aromatic ring is 1. The van der Waals surface area contributed by atoms with Gasteiger partial charge in [-0.3, -0.25) is 4.79 Å². The van der Waals surface area contributed by atoms with E-state index in [1.165, 1.54) is 11.1 Å². The van der Waals surface area contributed by atoms with E-state index in [1.807, 2.05) is 31.2 Å². The summed E-state index contributed by atoms with van der Waals surface area (Å²) in [6.45, 7) is 4.53. The van der Waals surface area contributed by atoms with Gasteiger partial charge in [0.15, 0.2) is 0 Å². The molecule has 0 saturated carbocycles. The topological polar surface area (TPSA) is 55.1 Å². The molecule has 0 bridgehead atoms. The molecule has 100 valence electrons. The van der Waals surface area contributed by atoms with Crippen molar-refractivity contribution < 1.29 is 4.79 Å². The van der Waals surface area contributed by atoms with E-state index in [2.05, 4.69) is 23.0 Å². The van der Waals surface area contributed by atoms with Gasteiger partial charge in [0, 0.05) is 12.2 Å². The van der Waals surface area contributed by atoms with E-state index >= 15 is 0 Å². The maximum Gasteiger partial charge on any atom is 0.227 e. The molecule has 0 aliphatic rings. The van der Waals surface area contributed by atoms with Gasteiger partial charge in [0.05, 0.1) is 5.92 Å². The van der Waals surface area contributed by atoms with Crippen LogP contribution in [0.5, 0.6) is 0 Å². The fraction of sp³-hybridized carbons (Fsp3) is 0.267. The first-order valence-corrected chi connectivity index (χ1v) is 7.17. The van der Waals surface area contributed by atoms with Crippen molar-refractivity contribution in [2.75, 3.05) is 5.73 Å². The summed E-state index contributed by atoms with van der Waals surface area (Å²) in [5, 5.41) is 7.13. The second-order valence-electron chi connectivity index (χ2n) is 4.69. The van der Waals surface area contributed by atoms with Crippen molar-refractivity contribution in [3.63, 3.8) is 0 Å². The quantitative estimate of drug-likeness (QED) is 0.842. The lowest BCUT2D eigenvalue weighted by Crippen LogP contribution is -2.27. The third-order valence-electron chi connectivity index (χ3n) is 3.22. The number of thiophene rings is 1. The van der Waals surface area contributed by atoms with Gasteiger partial charge < -0.3 is 11.1 Å². The molecule has 0 aliphatic carbocycles. The SMILES string of the molecule is Cc1cscc1CNC(=O)C(C)c1cccc(N)c1. The zero-order valence-electron chi connectivity index (χ0n) is 11.1. The Bertz CT molecular complexity index is 577. The van der Waals surface area contributed by atoms with Crippen molar-refractivity contribution in [2.24, 2.45) is 0 Å². The van der Waals surface area contributed by atoms with Crippen LogP contribution in [0.1, 0.15) is 29.5 Å². The second-order valence-corrected chi connectivity index (χ2v) is 5.43. The Kier molecular flexibility index (Phi) is 4.22. The van der Waals surface area contributed by atoms with Gasteiger partial charge in [0.1, 0.15) is 0 Å². The minimum Gasteiger partial charge on any atom is -0.399 e. The number of amides is 1. The van der Waals surface area contributed by atoms with Crippen LogP contribution in [0, 0.1) is 6.92 Å². The Morgan fingerprint density at radius 1 is 1.42 bits per heavy atom. The molecule has 0 fully saturated rings. The van der Waals surface area contributed by atoms with Gasteiger partial charge in [-0.15, -0.1) is 0 Å². The molecule has 1 amide bonds. The Labute approximate surface area is 117 Å². The van der Waals surface area contributed by atoms with Gasteiger partial charge in [-0.1, -0.05) is 12.1 Å². The normalized spacial score (nSPS) is 12.1. The zero-order valence-corrected chi connectivity index (χ0v) is 12.0. The van der Waals surface area contributed by atoms with E-state index < -0.39 is 0 Å². The number of nitrogens with one attached hydrogen (secondary N) is 1. The summed E-state index contributed by atoms with van der Waals surface area (Å²) >= 11 is 1.66. The Morgan fingerprint density at radius 2 is 2.21 bits per heavy atom. The minimum absolute atomic E-state index is 0.0243. The first-order valence-electron chi connectivity index (χ1n) is 6.22. The molecular formula is C15H18N2OS. The van der Waals surface area contributed by atoms with E-state index in [0.717, 1.165) is 5.56 Å². The van der Waals surface area contributed by atoms with Crippen molar-refractivity contribution in [1.82, 2.24) is 5.32 Å². The van der Waals surface area contributed by atoms with Crippen LogP contribution in [-0.2, 0) is 11.3 Å². The molecule has 3 N–H and O–H groups in total. The summed E-state index contributed by atoms with van der Waals surface area (Å²) in [6.07, 6.45) is 0. The predicted octanol–water partition coefficient (Wildman–Crippen LogP) is 3.06. The molecule has 4 heteroatoms. The molecule has 1 aromatic carbocycles. The van der Waals surface area contributed by atoms with Crippen LogP contribution in [0.25, 0.3) is 0 Å². The molecule has 2 aromatic rings. The number of aryl methyl sites for hydroxylation is 1. The number of anilines is 1. The highest BCUT2D eigenvalue weighted by Crippen LogP contribution is 2.18. The molecule has 3 nitrogen and oxygen atoms in total. The number of nitrogens with two attached hydrogens (primary N) is 1. The summed E-state index contributed by atoms with van der Waals surface area (Å²) in [6, 6.07) is 7.47. The van der Waals surface area contributed by atoms with Crippen molar-refractivity contribution >= 4 is 22.9 Å². The summed E-state index contributed by atoms with van der Waals surface area (Å²) in [5.74, 6) is -0.168. The molecule has 0 spiro atoms. The lowest BCUT2D eigenvalue weighted by molar-refractivity contribution is -0.122. The van der Waals surface area contributed by atoms with E-state index in [9.17, 15) is 4.79 Å². The predicted molar refractivity (Wildman–Crippen MR) is 80.2 cm³/mol. The lowest BCUT2D eigenvalue weighted by Gasteiger charge is -2.13. The molecule has 0 saturated heterocycles. The van der Waals surface area contributed by atoms with Crippen LogP contribution in [-0.4, -0.2) is 5.91 Å². The van der Waals surface area contributed by atoms with E-state index in [1.54, 1.807) is 11.3 Å². The number of hydrogen-bond acceptors (Lipinski definition) is 3. The summed E-state index contributed by atoms with van der Waals surface area (Å²) in [7, 11) is 0. The van der Waals surface area contributed by atoms with Crippen molar-refractivity contribution in [3.8, 4) is 0 Å².